The smallest absolute Gasteiger partial charge is 0.256 e. The van der Waals surface area contributed by atoms with Crippen molar-refractivity contribution >= 4 is 22.5 Å². The highest BCUT2D eigenvalue weighted by molar-refractivity contribution is 6.68. The highest BCUT2D eigenvalue weighted by atomic mass is 35.5. The topological polar surface area (TPSA) is 60.2 Å². The SMILES string of the molecule is O=C(Cl)c1cccn2nnnc12. The number of carbonyl (C=O) groups is 1. The van der Waals surface area contributed by atoms with E-state index in [0.29, 0.717) is 11.2 Å². The Kier molecular flexibility index (Phi) is 1.51. The van der Waals surface area contributed by atoms with Crippen molar-refractivity contribution in [1.82, 2.24) is 20.0 Å². The molecule has 0 amide bonds. The summed E-state index contributed by atoms with van der Waals surface area (Å²) >= 11 is 5.29. The summed E-state index contributed by atoms with van der Waals surface area (Å²) < 4.78 is 1.38. The van der Waals surface area contributed by atoms with Gasteiger partial charge in [0, 0.05) is 6.20 Å². The Morgan fingerprint density at radius 1 is 1.58 bits per heavy atom. The van der Waals surface area contributed by atoms with Crippen LogP contribution in [0.15, 0.2) is 18.3 Å². The molecular weight excluding hydrogens is 180 g/mol. The molecule has 2 heterocycles. The van der Waals surface area contributed by atoms with Crippen LogP contribution in [0.25, 0.3) is 5.65 Å². The quantitative estimate of drug-likeness (QED) is 0.603. The van der Waals surface area contributed by atoms with Gasteiger partial charge in [-0.1, -0.05) is 0 Å². The zero-order chi connectivity index (χ0) is 8.55. The third-order valence-electron chi connectivity index (χ3n) is 1.44. The second-order valence-electron chi connectivity index (χ2n) is 2.14. The van der Waals surface area contributed by atoms with Crippen molar-refractivity contribution in [3.05, 3.63) is 23.9 Å². The van der Waals surface area contributed by atoms with Crippen molar-refractivity contribution in [3.63, 3.8) is 0 Å². The second kappa shape index (κ2) is 2.53. The number of hydrogen-bond donors (Lipinski definition) is 0. The Morgan fingerprint density at radius 2 is 2.42 bits per heavy atom. The lowest BCUT2D eigenvalue weighted by Gasteiger charge is -1.92. The summed E-state index contributed by atoms with van der Waals surface area (Å²) in [5.41, 5.74) is 0.682. The lowest BCUT2D eigenvalue weighted by Crippen LogP contribution is -1.95. The van der Waals surface area contributed by atoms with Gasteiger partial charge in [0.25, 0.3) is 5.24 Å². The molecule has 6 heteroatoms. The van der Waals surface area contributed by atoms with Gasteiger partial charge in [0.15, 0.2) is 5.65 Å². The molecule has 0 aliphatic heterocycles. The summed E-state index contributed by atoms with van der Waals surface area (Å²) in [5, 5.41) is 10.1. The van der Waals surface area contributed by atoms with E-state index in [0.717, 1.165) is 0 Å². The zero-order valence-electron chi connectivity index (χ0n) is 5.81. The van der Waals surface area contributed by atoms with Gasteiger partial charge in [0.2, 0.25) is 0 Å². The van der Waals surface area contributed by atoms with Gasteiger partial charge in [-0.15, -0.1) is 5.10 Å². The summed E-state index contributed by atoms with van der Waals surface area (Å²) in [6, 6.07) is 3.22. The van der Waals surface area contributed by atoms with E-state index in [1.165, 1.54) is 4.52 Å². The van der Waals surface area contributed by atoms with E-state index in [1.807, 2.05) is 0 Å². The molecule has 0 saturated heterocycles. The summed E-state index contributed by atoms with van der Waals surface area (Å²) in [7, 11) is 0. The molecular formula is C6H3ClN4O. The molecule has 60 valence electrons. The van der Waals surface area contributed by atoms with E-state index in [9.17, 15) is 4.79 Å². The summed E-state index contributed by atoms with van der Waals surface area (Å²) in [4.78, 5) is 10.8. The fraction of sp³-hybridized carbons (Fsp3) is 0. The van der Waals surface area contributed by atoms with E-state index in [1.54, 1.807) is 18.3 Å². The largest absolute Gasteiger partial charge is 0.275 e. The molecule has 0 bridgehead atoms. The van der Waals surface area contributed by atoms with Gasteiger partial charge in [-0.25, -0.2) is 0 Å². The van der Waals surface area contributed by atoms with Crippen molar-refractivity contribution < 1.29 is 4.79 Å². The molecule has 0 N–H and O–H groups in total. The molecule has 0 saturated carbocycles. The normalized spacial score (nSPS) is 10.4. The average Bonchev–Trinajstić information content (AvgIpc) is 2.49. The zero-order valence-corrected chi connectivity index (χ0v) is 6.56. The third kappa shape index (κ3) is 0.947. The molecule has 12 heavy (non-hydrogen) atoms. The molecule has 2 aromatic heterocycles. The number of tetrazole rings is 1. The number of pyridine rings is 1. The molecule has 0 atom stereocenters. The minimum Gasteiger partial charge on any atom is -0.275 e. The fourth-order valence-corrected chi connectivity index (χ4v) is 1.07. The summed E-state index contributed by atoms with van der Waals surface area (Å²) in [6.07, 6.45) is 1.64. The Labute approximate surface area is 71.9 Å². The first-order valence-corrected chi connectivity index (χ1v) is 3.53. The van der Waals surface area contributed by atoms with Gasteiger partial charge >= 0.3 is 0 Å². The average molecular weight is 183 g/mol. The number of hydrogen-bond acceptors (Lipinski definition) is 4. The molecule has 0 fully saturated rings. The highest BCUT2D eigenvalue weighted by Crippen LogP contribution is 2.08. The van der Waals surface area contributed by atoms with E-state index in [2.05, 4.69) is 15.5 Å². The first-order chi connectivity index (χ1) is 5.79. The van der Waals surface area contributed by atoms with Crippen molar-refractivity contribution in [2.75, 3.05) is 0 Å². The molecule has 0 aliphatic rings. The number of aromatic nitrogens is 4. The van der Waals surface area contributed by atoms with Crippen molar-refractivity contribution in [1.29, 1.82) is 0 Å². The van der Waals surface area contributed by atoms with Crippen LogP contribution < -0.4 is 0 Å². The number of carbonyl (C=O) groups excluding carboxylic acids is 1. The number of nitrogens with zero attached hydrogens (tertiary/aromatic N) is 4. The van der Waals surface area contributed by atoms with Crippen molar-refractivity contribution in [3.8, 4) is 0 Å². The van der Waals surface area contributed by atoms with Gasteiger partial charge in [-0.3, -0.25) is 4.79 Å². The van der Waals surface area contributed by atoms with Crippen LogP contribution in [0.2, 0.25) is 0 Å². The highest BCUT2D eigenvalue weighted by Gasteiger charge is 2.08. The summed E-state index contributed by atoms with van der Waals surface area (Å²) in [6.45, 7) is 0. The molecule has 0 unspecified atom stereocenters. The van der Waals surface area contributed by atoms with E-state index in [4.69, 9.17) is 11.6 Å². The first kappa shape index (κ1) is 7.17. The molecule has 0 aromatic carbocycles. The van der Waals surface area contributed by atoms with Crippen LogP contribution >= 0.6 is 11.6 Å². The molecule has 2 aromatic rings. The number of rotatable bonds is 1. The Hall–Kier alpha value is -1.49. The minimum atomic E-state index is -0.560. The fourth-order valence-electron chi connectivity index (χ4n) is 0.920. The minimum absolute atomic E-state index is 0.309. The lowest BCUT2D eigenvalue weighted by molar-refractivity contribution is 0.108. The predicted octanol–water partition coefficient (Wildman–Crippen LogP) is 0.503. The van der Waals surface area contributed by atoms with Crippen LogP contribution in [0, 0.1) is 0 Å². The Balaban J connectivity index is 2.82. The molecule has 2 rings (SSSR count). The van der Waals surface area contributed by atoms with E-state index in [-0.39, 0.29) is 0 Å². The third-order valence-corrected chi connectivity index (χ3v) is 1.64. The maximum absolute atomic E-state index is 10.8. The lowest BCUT2D eigenvalue weighted by atomic mass is 10.3. The van der Waals surface area contributed by atoms with E-state index < -0.39 is 5.24 Å². The second-order valence-corrected chi connectivity index (χ2v) is 2.49. The monoisotopic (exact) mass is 182 g/mol. The molecule has 0 spiro atoms. The van der Waals surface area contributed by atoms with Crippen LogP contribution in [0.3, 0.4) is 0 Å². The van der Waals surface area contributed by atoms with Crippen LogP contribution in [-0.4, -0.2) is 25.3 Å². The Morgan fingerprint density at radius 3 is 3.17 bits per heavy atom. The van der Waals surface area contributed by atoms with Gasteiger partial charge in [0.1, 0.15) is 0 Å². The van der Waals surface area contributed by atoms with Crippen LogP contribution in [-0.2, 0) is 0 Å². The summed E-state index contributed by atoms with van der Waals surface area (Å²) in [5.74, 6) is 0. The first-order valence-electron chi connectivity index (χ1n) is 3.15. The Bertz CT molecular complexity index is 438. The predicted molar refractivity (Wildman–Crippen MR) is 41.0 cm³/mol. The van der Waals surface area contributed by atoms with Gasteiger partial charge in [-0.05, 0) is 34.2 Å². The standard InChI is InChI=1S/C6H3ClN4O/c7-5(12)4-2-1-3-11-6(4)8-9-10-11/h1-3H. The van der Waals surface area contributed by atoms with Gasteiger partial charge in [0.05, 0.1) is 5.56 Å². The number of fused-ring (bicyclic) bond motifs is 1. The number of halogens is 1. The van der Waals surface area contributed by atoms with Gasteiger partial charge < -0.3 is 0 Å². The van der Waals surface area contributed by atoms with Crippen molar-refractivity contribution in [2.45, 2.75) is 0 Å². The van der Waals surface area contributed by atoms with Crippen LogP contribution in [0.1, 0.15) is 10.4 Å². The maximum atomic E-state index is 10.8. The maximum Gasteiger partial charge on any atom is 0.256 e. The van der Waals surface area contributed by atoms with Crippen molar-refractivity contribution in [2.24, 2.45) is 0 Å². The molecule has 0 aliphatic carbocycles. The van der Waals surface area contributed by atoms with E-state index >= 15 is 0 Å². The molecule has 5 nitrogen and oxygen atoms in total. The molecule has 0 radical (unpaired) electrons. The van der Waals surface area contributed by atoms with Gasteiger partial charge in [-0.2, -0.15) is 4.52 Å². The van der Waals surface area contributed by atoms with Crippen LogP contribution in [0.4, 0.5) is 0 Å². The van der Waals surface area contributed by atoms with Crippen LogP contribution in [0.5, 0.6) is 0 Å².